The second-order valence-electron chi connectivity index (χ2n) is 7.71. The lowest BCUT2D eigenvalue weighted by atomic mass is 10.1. The first-order valence-electron chi connectivity index (χ1n) is 10.4. The number of hydrogen-bond donors (Lipinski definition) is 6. The maximum Gasteiger partial charge on any atom is 0.188 e. The van der Waals surface area contributed by atoms with Gasteiger partial charge in [-0.15, -0.1) is 0 Å². The Kier molecular flexibility index (Phi) is 9.30. The summed E-state index contributed by atoms with van der Waals surface area (Å²) in [5.74, 6) is -1.26. The Morgan fingerprint density at radius 3 is 1.09 bits per heavy atom. The maximum absolute atomic E-state index is 10.0. The molecule has 6 N–H and O–H groups in total. The average Bonchev–Trinajstić information content (AvgIpc) is 2.81. The van der Waals surface area contributed by atoms with Gasteiger partial charge in [-0.05, 0) is 36.1 Å². The van der Waals surface area contributed by atoms with E-state index in [1.165, 1.54) is 0 Å². The number of rotatable bonds is 10. The molecule has 0 radical (unpaired) electrons. The molecule has 0 bridgehead atoms. The van der Waals surface area contributed by atoms with Crippen LogP contribution in [0.1, 0.15) is 59.8 Å². The van der Waals surface area contributed by atoms with E-state index in [-0.39, 0.29) is 12.1 Å². The van der Waals surface area contributed by atoms with Crippen molar-refractivity contribution in [2.75, 3.05) is 0 Å². The van der Waals surface area contributed by atoms with Crippen molar-refractivity contribution in [3.05, 3.63) is 107 Å². The Balaban J connectivity index is 1.75. The largest absolute Gasteiger partial charge is 0.349 e. The van der Waals surface area contributed by atoms with Gasteiger partial charge in [0.2, 0.25) is 0 Å². The zero-order valence-corrected chi connectivity index (χ0v) is 19.9. The molecular weight excluding hydrogens is 442 g/mol. The van der Waals surface area contributed by atoms with Gasteiger partial charge in [0.05, 0.1) is 0 Å². The Morgan fingerprint density at radius 1 is 0.500 bits per heavy atom. The smallest absolute Gasteiger partial charge is 0.188 e. The van der Waals surface area contributed by atoms with Gasteiger partial charge in [-0.1, -0.05) is 84.9 Å². The minimum atomic E-state index is -2.27. The van der Waals surface area contributed by atoms with Crippen LogP contribution in [0.15, 0.2) is 84.9 Å². The van der Waals surface area contributed by atoms with Crippen LogP contribution in [0, 0.1) is 0 Å². The first-order valence-corrected chi connectivity index (χ1v) is 13.1. The van der Waals surface area contributed by atoms with E-state index >= 15 is 0 Å². The fourth-order valence-electron chi connectivity index (χ4n) is 3.60. The fraction of sp³-hybridized carbons (Fsp3) is 0.250. The minimum absolute atomic E-state index is 0.0750. The highest BCUT2D eigenvalue weighted by molar-refractivity contribution is 7.45. The second kappa shape index (κ2) is 11.9. The average molecular weight is 472 g/mol. The molecule has 32 heavy (non-hydrogen) atoms. The van der Waals surface area contributed by atoms with Crippen LogP contribution in [-0.2, 0) is 0 Å². The molecule has 0 aliphatic heterocycles. The number of benzene rings is 3. The molecule has 0 saturated carbocycles. The molecule has 0 spiro atoms. The lowest BCUT2D eigenvalue weighted by Crippen LogP contribution is -2.25. The Labute approximate surface area is 191 Å². The molecule has 0 saturated heterocycles. The third-order valence-corrected chi connectivity index (χ3v) is 7.26. The van der Waals surface area contributed by atoms with Gasteiger partial charge in [-0.3, -0.25) is 10.6 Å². The van der Waals surface area contributed by atoms with Gasteiger partial charge in [-0.2, -0.15) is 0 Å². The van der Waals surface area contributed by atoms with Crippen LogP contribution < -0.4 is 10.6 Å². The quantitative estimate of drug-likeness (QED) is 0.233. The monoisotopic (exact) mass is 472 g/mol. The molecule has 0 amide bonds. The van der Waals surface area contributed by atoms with Gasteiger partial charge < -0.3 is 19.6 Å². The summed E-state index contributed by atoms with van der Waals surface area (Å²) in [6.07, 6.45) is 0. The summed E-state index contributed by atoms with van der Waals surface area (Å²) in [6, 6.07) is 26.7. The summed E-state index contributed by atoms with van der Waals surface area (Å²) in [5.41, 5.74) is 3.55. The third-order valence-electron chi connectivity index (χ3n) is 5.44. The van der Waals surface area contributed by atoms with Gasteiger partial charge in [-0.25, -0.2) is 0 Å². The van der Waals surface area contributed by atoms with E-state index in [0.29, 0.717) is 0 Å². The summed E-state index contributed by atoms with van der Waals surface area (Å²) < 4.78 is 0. The molecule has 0 fully saturated rings. The molecule has 0 unspecified atom stereocenters. The van der Waals surface area contributed by atoms with E-state index in [1.54, 1.807) is 24.3 Å². The van der Waals surface area contributed by atoms with Crippen molar-refractivity contribution in [2.45, 2.75) is 37.5 Å². The van der Waals surface area contributed by atoms with Crippen molar-refractivity contribution < 1.29 is 19.6 Å². The van der Waals surface area contributed by atoms with Crippen LogP contribution >= 0.6 is 16.8 Å². The summed E-state index contributed by atoms with van der Waals surface area (Å²) >= 11 is 0. The molecule has 3 rings (SSSR count). The molecule has 3 aromatic rings. The normalized spacial score (nSPS) is 15.5. The first-order chi connectivity index (χ1) is 15.4. The van der Waals surface area contributed by atoms with Crippen molar-refractivity contribution in [3.8, 4) is 0 Å². The molecule has 3 aromatic carbocycles. The highest BCUT2D eigenvalue weighted by Gasteiger charge is 2.25. The highest BCUT2D eigenvalue weighted by atomic mass is 31.2. The van der Waals surface area contributed by atoms with Crippen LogP contribution in [0.3, 0.4) is 0 Å². The van der Waals surface area contributed by atoms with Crippen LogP contribution in [-0.4, -0.2) is 19.6 Å². The fourth-order valence-corrected chi connectivity index (χ4v) is 5.19. The van der Waals surface area contributed by atoms with Crippen molar-refractivity contribution >= 4 is 16.8 Å². The Bertz CT molecular complexity index is 865. The van der Waals surface area contributed by atoms with Gasteiger partial charge in [0.25, 0.3) is 0 Å². The van der Waals surface area contributed by atoms with Gasteiger partial charge >= 0.3 is 0 Å². The van der Waals surface area contributed by atoms with Gasteiger partial charge in [0, 0.05) is 12.1 Å². The minimum Gasteiger partial charge on any atom is -0.349 e. The van der Waals surface area contributed by atoms with E-state index in [0.717, 1.165) is 22.3 Å². The van der Waals surface area contributed by atoms with E-state index in [9.17, 15) is 19.6 Å². The molecule has 170 valence electrons. The van der Waals surface area contributed by atoms with Crippen LogP contribution in [0.4, 0.5) is 0 Å². The molecule has 4 atom stereocenters. The van der Waals surface area contributed by atoms with Crippen LogP contribution in [0.25, 0.3) is 0 Å². The topological polar surface area (TPSA) is 105 Å². The van der Waals surface area contributed by atoms with Crippen molar-refractivity contribution in [2.24, 2.45) is 0 Å². The zero-order chi connectivity index (χ0) is 23.1. The van der Waals surface area contributed by atoms with Crippen molar-refractivity contribution in [1.29, 1.82) is 0 Å². The summed E-state index contributed by atoms with van der Waals surface area (Å²) in [6.45, 7) is 3.95. The summed E-state index contributed by atoms with van der Waals surface area (Å²) in [5, 5.41) is 6.59. The molecule has 0 aliphatic carbocycles. The Hall–Kier alpha value is -1.72. The number of hydrogen-bond acceptors (Lipinski definition) is 6. The SMILES string of the molecule is C[C@@H](N[C@H](c1ccc([C@H](N[C@H](C)c2ccccc2)P(O)O)cc1)P(O)O)c1ccccc1. The predicted octanol–water partition coefficient (Wildman–Crippen LogP) is 4.98. The van der Waals surface area contributed by atoms with Crippen molar-refractivity contribution in [3.63, 3.8) is 0 Å². The highest BCUT2D eigenvalue weighted by Crippen LogP contribution is 2.46. The van der Waals surface area contributed by atoms with E-state index < -0.39 is 28.3 Å². The van der Waals surface area contributed by atoms with Gasteiger partial charge in [0.15, 0.2) is 16.8 Å². The number of nitrogens with one attached hydrogen (secondary N) is 2. The molecule has 8 heteroatoms. The standard InChI is InChI=1S/C24H30N2O4P2/c1-17(19-9-5-3-6-10-19)25-23(31(27)28)21-13-15-22(16-14-21)24(32(29)30)26-18(2)20-11-7-4-8-12-20/h3-18,23-30H,1-2H3/t17-,18-,23-,24+/m1/s1. The molecule has 0 aromatic heterocycles. The second-order valence-corrected chi connectivity index (χ2v) is 10.0. The third kappa shape index (κ3) is 6.64. The molecule has 0 aliphatic rings. The van der Waals surface area contributed by atoms with Crippen LogP contribution in [0.2, 0.25) is 0 Å². The van der Waals surface area contributed by atoms with E-state index in [4.69, 9.17) is 0 Å². The zero-order valence-electron chi connectivity index (χ0n) is 18.1. The lowest BCUT2D eigenvalue weighted by molar-refractivity contribution is 0.430. The summed E-state index contributed by atoms with van der Waals surface area (Å²) in [4.78, 5) is 40.2. The van der Waals surface area contributed by atoms with E-state index in [2.05, 4.69) is 10.6 Å². The molecule has 6 nitrogen and oxygen atoms in total. The summed E-state index contributed by atoms with van der Waals surface area (Å²) in [7, 11) is -4.53. The molecular formula is C24H30N2O4P2. The predicted molar refractivity (Wildman–Crippen MR) is 131 cm³/mol. The maximum atomic E-state index is 10.0. The van der Waals surface area contributed by atoms with Crippen molar-refractivity contribution in [1.82, 2.24) is 10.6 Å². The van der Waals surface area contributed by atoms with Gasteiger partial charge in [0.1, 0.15) is 11.6 Å². The Morgan fingerprint density at radius 2 is 0.812 bits per heavy atom. The van der Waals surface area contributed by atoms with E-state index in [1.807, 2.05) is 74.5 Å². The lowest BCUT2D eigenvalue weighted by Gasteiger charge is -2.27. The molecule has 0 heterocycles. The first kappa shape index (κ1) is 24.9. The van der Waals surface area contributed by atoms with Crippen LogP contribution in [0.5, 0.6) is 0 Å².